The van der Waals surface area contributed by atoms with Crippen LogP contribution in [0, 0.1) is 3.57 Å². The molecule has 0 bridgehead atoms. The summed E-state index contributed by atoms with van der Waals surface area (Å²) in [5, 5.41) is 3.98. The molecule has 0 aliphatic carbocycles. The molecule has 0 saturated carbocycles. The number of rotatable bonds is 3. The quantitative estimate of drug-likeness (QED) is 0.847. The summed E-state index contributed by atoms with van der Waals surface area (Å²) in [6.07, 6.45) is 1.45. The van der Waals surface area contributed by atoms with Crippen molar-refractivity contribution in [3.63, 3.8) is 0 Å². The number of nitrogens with zero attached hydrogens (tertiary/aromatic N) is 2. The van der Waals surface area contributed by atoms with Crippen LogP contribution in [0.3, 0.4) is 0 Å². The molecule has 1 aromatic carbocycles. The molecule has 0 spiro atoms. The lowest BCUT2D eigenvalue weighted by atomic mass is 10.3. The predicted octanol–water partition coefficient (Wildman–Crippen LogP) is 1.83. The van der Waals surface area contributed by atoms with Crippen molar-refractivity contribution in [2.45, 2.75) is 5.03 Å². The Morgan fingerprint density at radius 3 is 2.59 bits per heavy atom. The van der Waals surface area contributed by atoms with Crippen LogP contribution in [-0.2, 0) is 17.1 Å². The molecule has 0 aliphatic rings. The lowest BCUT2D eigenvalue weighted by molar-refractivity contribution is 0.582. The van der Waals surface area contributed by atoms with Gasteiger partial charge in [-0.2, -0.15) is 13.5 Å². The molecular formula is C10H10IN3O2S. The van der Waals surface area contributed by atoms with Crippen LogP contribution in [0.4, 0.5) is 5.69 Å². The highest BCUT2D eigenvalue weighted by atomic mass is 127. The Labute approximate surface area is 113 Å². The van der Waals surface area contributed by atoms with Gasteiger partial charge in [-0.1, -0.05) is 12.1 Å². The summed E-state index contributed by atoms with van der Waals surface area (Å²) >= 11 is 2.08. The smallest absolute Gasteiger partial charge is 0.277 e. The van der Waals surface area contributed by atoms with Crippen molar-refractivity contribution in [1.29, 1.82) is 0 Å². The van der Waals surface area contributed by atoms with Gasteiger partial charge in [-0.3, -0.25) is 9.40 Å². The van der Waals surface area contributed by atoms with E-state index in [0.717, 1.165) is 3.57 Å². The molecule has 7 heteroatoms. The van der Waals surface area contributed by atoms with Crippen LogP contribution in [0.1, 0.15) is 0 Å². The van der Waals surface area contributed by atoms with Gasteiger partial charge in [-0.15, -0.1) is 0 Å². The van der Waals surface area contributed by atoms with Gasteiger partial charge in [0.25, 0.3) is 10.0 Å². The van der Waals surface area contributed by atoms with E-state index in [1.165, 1.54) is 16.9 Å². The third-order valence-corrected chi connectivity index (χ3v) is 4.55. The summed E-state index contributed by atoms with van der Waals surface area (Å²) in [6, 6.07) is 8.64. The normalized spacial score (nSPS) is 11.4. The standard InChI is InChI=1S/C10H10IN3O2S/c1-14-10(6-7-12-14)17(15,16)13-9-5-3-2-4-8(9)11/h2-7,13H,1H3. The van der Waals surface area contributed by atoms with Gasteiger partial charge in [0.2, 0.25) is 0 Å². The van der Waals surface area contributed by atoms with E-state index in [-0.39, 0.29) is 5.03 Å². The van der Waals surface area contributed by atoms with Gasteiger partial charge in [0, 0.05) is 10.6 Å². The highest BCUT2D eigenvalue weighted by molar-refractivity contribution is 14.1. The lowest BCUT2D eigenvalue weighted by Crippen LogP contribution is -2.17. The average Bonchev–Trinajstić information content (AvgIpc) is 2.68. The molecule has 17 heavy (non-hydrogen) atoms. The van der Waals surface area contributed by atoms with Crippen LogP contribution in [0.5, 0.6) is 0 Å². The van der Waals surface area contributed by atoms with Crippen molar-refractivity contribution in [3.05, 3.63) is 40.1 Å². The number of halogens is 1. The predicted molar refractivity (Wildman–Crippen MR) is 73.2 cm³/mol. The molecule has 0 amide bonds. The number of benzene rings is 1. The summed E-state index contributed by atoms with van der Waals surface area (Å²) in [4.78, 5) is 0. The number of aryl methyl sites for hydroxylation is 1. The summed E-state index contributed by atoms with van der Waals surface area (Å²) in [7, 11) is -1.99. The third kappa shape index (κ3) is 2.60. The summed E-state index contributed by atoms with van der Waals surface area (Å²) in [6.45, 7) is 0. The molecule has 2 aromatic rings. The van der Waals surface area contributed by atoms with Crippen molar-refractivity contribution < 1.29 is 8.42 Å². The van der Waals surface area contributed by atoms with E-state index < -0.39 is 10.0 Å². The zero-order valence-corrected chi connectivity index (χ0v) is 11.9. The van der Waals surface area contributed by atoms with E-state index in [0.29, 0.717) is 5.69 Å². The minimum atomic E-state index is -3.58. The van der Waals surface area contributed by atoms with Crippen LogP contribution >= 0.6 is 22.6 Å². The van der Waals surface area contributed by atoms with E-state index in [1.54, 1.807) is 19.2 Å². The molecule has 90 valence electrons. The first-order valence-electron chi connectivity index (χ1n) is 4.76. The zero-order valence-electron chi connectivity index (χ0n) is 8.96. The van der Waals surface area contributed by atoms with Crippen molar-refractivity contribution in [2.24, 2.45) is 7.05 Å². The fourth-order valence-corrected chi connectivity index (χ4v) is 3.28. The summed E-state index contributed by atoms with van der Waals surface area (Å²) in [5.74, 6) is 0. The number of nitrogens with one attached hydrogen (secondary N) is 1. The van der Waals surface area contributed by atoms with Crippen molar-refractivity contribution in [2.75, 3.05) is 4.72 Å². The molecule has 0 saturated heterocycles. The summed E-state index contributed by atoms with van der Waals surface area (Å²) < 4.78 is 28.8. The second-order valence-corrected chi connectivity index (χ2v) is 6.17. The molecule has 1 aromatic heterocycles. The number of hydrogen-bond acceptors (Lipinski definition) is 3. The molecule has 1 heterocycles. The van der Waals surface area contributed by atoms with Crippen molar-refractivity contribution in [1.82, 2.24) is 9.78 Å². The average molecular weight is 363 g/mol. The maximum absolute atomic E-state index is 12.1. The fraction of sp³-hybridized carbons (Fsp3) is 0.100. The Morgan fingerprint density at radius 2 is 2.00 bits per heavy atom. The number of hydrogen-bond donors (Lipinski definition) is 1. The topological polar surface area (TPSA) is 64.0 Å². The Kier molecular flexibility index (Phi) is 3.38. The molecule has 2 rings (SSSR count). The minimum absolute atomic E-state index is 0.136. The molecule has 5 nitrogen and oxygen atoms in total. The third-order valence-electron chi connectivity index (χ3n) is 2.17. The van der Waals surface area contributed by atoms with Crippen LogP contribution in [0.25, 0.3) is 0 Å². The largest absolute Gasteiger partial charge is 0.279 e. The monoisotopic (exact) mass is 363 g/mol. The van der Waals surface area contributed by atoms with Gasteiger partial charge in [0.05, 0.1) is 11.9 Å². The fourth-order valence-electron chi connectivity index (χ4n) is 1.37. The first-order chi connectivity index (χ1) is 8.00. The molecule has 0 unspecified atom stereocenters. The van der Waals surface area contributed by atoms with Crippen molar-refractivity contribution >= 4 is 38.3 Å². The first-order valence-corrected chi connectivity index (χ1v) is 7.32. The second-order valence-electron chi connectivity index (χ2n) is 3.38. The highest BCUT2D eigenvalue weighted by Gasteiger charge is 2.18. The Morgan fingerprint density at radius 1 is 1.29 bits per heavy atom. The SMILES string of the molecule is Cn1nccc1S(=O)(=O)Nc1ccccc1I. The van der Waals surface area contributed by atoms with Gasteiger partial charge < -0.3 is 0 Å². The zero-order chi connectivity index (χ0) is 12.5. The molecule has 0 aliphatic heterocycles. The first kappa shape index (κ1) is 12.4. The van der Waals surface area contributed by atoms with Crippen LogP contribution < -0.4 is 4.72 Å². The summed E-state index contributed by atoms with van der Waals surface area (Å²) in [5.41, 5.74) is 0.564. The molecule has 0 atom stereocenters. The van der Waals surface area contributed by atoms with Gasteiger partial charge in [0.15, 0.2) is 5.03 Å². The second kappa shape index (κ2) is 4.65. The Bertz CT molecular complexity index is 637. The molecule has 1 N–H and O–H groups in total. The Balaban J connectivity index is 2.37. The lowest BCUT2D eigenvalue weighted by Gasteiger charge is -2.09. The maximum Gasteiger partial charge on any atom is 0.279 e. The molecular weight excluding hydrogens is 353 g/mol. The van der Waals surface area contributed by atoms with E-state index in [9.17, 15) is 8.42 Å². The highest BCUT2D eigenvalue weighted by Crippen LogP contribution is 2.20. The van der Waals surface area contributed by atoms with Crippen molar-refractivity contribution in [3.8, 4) is 0 Å². The number of aromatic nitrogens is 2. The Hall–Kier alpha value is -1.09. The van der Waals surface area contributed by atoms with Crippen LogP contribution in [0.2, 0.25) is 0 Å². The number of anilines is 1. The maximum atomic E-state index is 12.1. The van der Waals surface area contributed by atoms with Gasteiger partial charge >= 0.3 is 0 Å². The van der Waals surface area contributed by atoms with E-state index in [1.807, 2.05) is 12.1 Å². The van der Waals surface area contributed by atoms with Crippen LogP contribution in [-0.4, -0.2) is 18.2 Å². The minimum Gasteiger partial charge on any atom is -0.277 e. The van der Waals surface area contributed by atoms with Gasteiger partial charge in [-0.05, 0) is 40.8 Å². The molecule has 0 radical (unpaired) electrons. The van der Waals surface area contributed by atoms with E-state index >= 15 is 0 Å². The van der Waals surface area contributed by atoms with Gasteiger partial charge in [-0.25, -0.2) is 0 Å². The van der Waals surface area contributed by atoms with Gasteiger partial charge in [0.1, 0.15) is 0 Å². The van der Waals surface area contributed by atoms with Crippen LogP contribution in [0.15, 0.2) is 41.6 Å². The van der Waals surface area contributed by atoms with E-state index in [2.05, 4.69) is 32.4 Å². The molecule has 0 fully saturated rings. The number of sulfonamides is 1. The van der Waals surface area contributed by atoms with E-state index in [4.69, 9.17) is 0 Å². The number of para-hydroxylation sites is 1.